The Labute approximate surface area is 219 Å². The Morgan fingerprint density at radius 3 is 2.09 bits per heavy atom. The first-order chi connectivity index (χ1) is 16.7. The summed E-state index contributed by atoms with van der Waals surface area (Å²) >= 11 is 1.78. The average Bonchev–Trinajstić information content (AvgIpc) is 2.91. The summed E-state index contributed by atoms with van der Waals surface area (Å²) in [5, 5.41) is 3.50. The van der Waals surface area contributed by atoms with Crippen LogP contribution in [0.3, 0.4) is 0 Å². The number of benzene rings is 3. The normalized spacial score (nSPS) is 13.6. The molecule has 0 bridgehead atoms. The quantitative estimate of drug-likeness (QED) is 0.339. The number of nitrogens with one attached hydrogen (secondary N) is 1. The molecule has 4 rings (SSSR count). The van der Waals surface area contributed by atoms with E-state index in [4.69, 9.17) is 14.2 Å². The molecule has 1 aliphatic heterocycles. The van der Waals surface area contributed by atoms with Crippen molar-refractivity contribution < 1.29 is 14.2 Å². The number of rotatable bonds is 9. The van der Waals surface area contributed by atoms with Crippen molar-refractivity contribution in [2.75, 3.05) is 45.6 Å². The summed E-state index contributed by atoms with van der Waals surface area (Å²) in [6.45, 7) is 2.99. The van der Waals surface area contributed by atoms with Crippen molar-refractivity contribution in [3.05, 3.63) is 66.2 Å². The Bertz CT molecular complexity index is 1060. The number of anilines is 1. The predicted molar refractivity (Wildman–Crippen MR) is 149 cm³/mol. The molecule has 0 amide bonds. The maximum atomic E-state index is 5.57. The van der Waals surface area contributed by atoms with Gasteiger partial charge in [0.15, 0.2) is 11.5 Å². The van der Waals surface area contributed by atoms with Crippen molar-refractivity contribution in [3.8, 4) is 28.4 Å². The number of methoxy groups -OCH3 is 3. The molecule has 0 spiro atoms. The van der Waals surface area contributed by atoms with E-state index in [9.17, 15) is 0 Å². The number of nitrogens with zero attached hydrogens (tertiary/aromatic N) is 1. The molecular weight excluding hydrogens is 480 g/mol. The summed E-state index contributed by atoms with van der Waals surface area (Å²) in [5.74, 6) is 1.93. The number of hydrogen-bond acceptors (Lipinski definition) is 6. The summed E-state index contributed by atoms with van der Waals surface area (Å²) in [6.07, 6.45) is 4.42. The first-order valence-electron chi connectivity index (χ1n) is 11.7. The van der Waals surface area contributed by atoms with Crippen molar-refractivity contribution in [1.29, 1.82) is 0 Å². The summed E-state index contributed by atoms with van der Waals surface area (Å²) in [5.41, 5.74) is 4.72. The molecule has 0 saturated carbocycles. The fourth-order valence-corrected chi connectivity index (χ4v) is 5.03. The lowest BCUT2D eigenvalue weighted by molar-refractivity contribution is 0.324. The molecule has 1 heterocycles. The van der Waals surface area contributed by atoms with Gasteiger partial charge < -0.3 is 24.4 Å². The van der Waals surface area contributed by atoms with Crippen molar-refractivity contribution in [2.24, 2.45) is 0 Å². The van der Waals surface area contributed by atoms with Crippen molar-refractivity contribution in [3.63, 3.8) is 0 Å². The van der Waals surface area contributed by atoms with Gasteiger partial charge in [0.25, 0.3) is 0 Å². The fraction of sp³-hybridized carbons (Fsp3) is 0.357. The van der Waals surface area contributed by atoms with Crippen LogP contribution in [0.1, 0.15) is 18.4 Å². The molecular formula is C28H35ClN2O3S. The van der Waals surface area contributed by atoms with E-state index in [-0.39, 0.29) is 12.4 Å². The van der Waals surface area contributed by atoms with Gasteiger partial charge in [-0.15, -0.1) is 24.2 Å². The Hall–Kier alpha value is -2.54. The maximum absolute atomic E-state index is 5.57. The van der Waals surface area contributed by atoms with E-state index in [1.54, 1.807) is 33.1 Å². The summed E-state index contributed by atoms with van der Waals surface area (Å²) < 4.78 is 16.6. The Morgan fingerprint density at radius 1 is 0.857 bits per heavy atom. The monoisotopic (exact) mass is 514 g/mol. The van der Waals surface area contributed by atoms with Crippen LogP contribution in [-0.4, -0.2) is 46.7 Å². The third-order valence-corrected chi connectivity index (χ3v) is 7.18. The second-order valence-corrected chi connectivity index (χ2v) is 9.30. The van der Waals surface area contributed by atoms with Gasteiger partial charge in [-0.2, -0.15) is 0 Å². The Balaban J connectivity index is 0.00000342. The first-order valence-corrected chi connectivity index (χ1v) is 12.9. The van der Waals surface area contributed by atoms with Gasteiger partial charge in [-0.3, -0.25) is 0 Å². The lowest BCUT2D eigenvalue weighted by Crippen LogP contribution is -2.43. The van der Waals surface area contributed by atoms with Gasteiger partial charge in [-0.1, -0.05) is 18.2 Å². The van der Waals surface area contributed by atoms with E-state index in [2.05, 4.69) is 65.0 Å². The average molecular weight is 515 g/mol. The molecule has 3 aromatic rings. The highest BCUT2D eigenvalue weighted by Gasteiger charge is 2.22. The molecule has 188 valence electrons. The Morgan fingerprint density at radius 2 is 1.51 bits per heavy atom. The van der Waals surface area contributed by atoms with Gasteiger partial charge in [0.2, 0.25) is 5.75 Å². The van der Waals surface area contributed by atoms with Gasteiger partial charge >= 0.3 is 0 Å². The summed E-state index contributed by atoms with van der Waals surface area (Å²) in [4.78, 5) is 3.86. The van der Waals surface area contributed by atoms with Crippen LogP contribution in [0.5, 0.6) is 17.2 Å². The molecule has 0 atom stereocenters. The zero-order valence-electron chi connectivity index (χ0n) is 20.9. The van der Waals surface area contributed by atoms with E-state index < -0.39 is 0 Å². The van der Waals surface area contributed by atoms with Crippen LogP contribution in [0.4, 0.5) is 5.69 Å². The predicted octanol–water partition coefficient (Wildman–Crippen LogP) is 6.28. The van der Waals surface area contributed by atoms with Crippen molar-refractivity contribution in [1.82, 2.24) is 5.32 Å². The van der Waals surface area contributed by atoms with Gasteiger partial charge in [-0.05, 0) is 91.3 Å². The van der Waals surface area contributed by atoms with Crippen LogP contribution in [0.25, 0.3) is 11.1 Å². The smallest absolute Gasteiger partial charge is 0.203 e. The molecule has 0 radical (unpaired) electrons. The lowest BCUT2D eigenvalue weighted by atomic mass is 9.99. The second kappa shape index (κ2) is 13.0. The lowest BCUT2D eigenvalue weighted by Gasteiger charge is -2.36. The zero-order valence-corrected chi connectivity index (χ0v) is 22.5. The van der Waals surface area contributed by atoms with Crippen molar-refractivity contribution in [2.45, 2.75) is 30.3 Å². The SMILES string of the molecule is COc1cc(-c2cccc(CN(c3ccc(SC)cc3)C3CCNCC3)c2)cc(OC)c1OC.Cl. The summed E-state index contributed by atoms with van der Waals surface area (Å²) in [6, 6.07) is 22.2. The molecule has 1 aliphatic rings. The van der Waals surface area contributed by atoms with Crippen LogP contribution >= 0.6 is 24.2 Å². The van der Waals surface area contributed by atoms with Gasteiger partial charge in [-0.25, -0.2) is 0 Å². The van der Waals surface area contributed by atoms with E-state index in [1.807, 2.05) is 12.1 Å². The van der Waals surface area contributed by atoms with Crippen LogP contribution < -0.4 is 24.4 Å². The third kappa shape index (κ3) is 6.37. The highest BCUT2D eigenvalue weighted by Crippen LogP contribution is 2.41. The van der Waals surface area contributed by atoms with Crippen LogP contribution in [0.15, 0.2) is 65.6 Å². The maximum Gasteiger partial charge on any atom is 0.203 e. The number of thioether (sulfide) groups is 1. The number of hydrogen-bond donors (Lipinski definition) is 1. The standard InChI is InChI=1S/C28H34N2O3S.ClH/c1-31-26-17-22(18-27(32-2)28(26)33-3)21-7-5-6-20(16-21)19-30(24-12-14-29-15-13-24)23-8-10-25(34-4)11-9-23;/h5-11,16-18,24,29H,12-15,19H2,1-4H3;1H. The third-order valence-electron chi connectivity index (χ3n) is 6.43. The molecule has 1 fully saturated rings. The van der Waals surface area contributed by atoms with Crippen LogP contribution in [-0.2, 0) is 6.54 Å². The zero-order chi connectivity index (χ0) is 23.9. The van der Waals surface area contributed by atoms with E-state index >= 15 is 0 Å². The minimum atomic E-state index is 0. The molecule has 5 nitrogen and oxygen atoms in total. The molecule has 0 aliphatic carbocycles. The molecule has 0 aromatic heterocycles. The number of piperidine rings is 1. The number of halogens is 1. The largest absolute Gasteiger partial charge is 0.493 e. The van der Waals surface area contributed by atoms with Gasteiger partial charge in [0.1, 0.15) is 0 Å². The van der Waals surface area contributed by atoms with Crippen LogP contribution in [0, 0.1) is 0 Å². The molecule has 35 heavy (non-hydrogen) atoms. The van der Waals surface area contributed by atoms with E-state index in [1.165, 1.54) is 16.1 Å². The van der Waals surface area contributed by atoms with Gasteiger partial charge in [0.05, 0.1) is 21.3 Å². The molecule has 3 aromatic carbocycles. The van der Waals surface area contributed by atoms with Crippen molar-refractivity contribution >= 4 is 29.9 Å². The molecule has 0 unspecified atom stereocenters. The van der Waals surface area contributed by atoms with Crippen LogP contribution in [0.2, 0.25) is 0 Å². The molecule has 1 N–H and O–H groups in total. The van der Waals surface area contributed by atoms with E-state index in [0.717, 1.165) is 43.6 Å². The minimum Gasteiger partial charge on any atom is -0.493 e. The molecule has 7 heteroatoms. The van der Waals surface area contributed by atoms with Gasteiger partial charge in [0, 0.05) is 23.2 Å². The highest BCUT2D eigenvalue weighted by atomic mass is 35.5. The second-order valence-electron chi connectivity index (χ2n) is 8.42. The summed E-state index contributed by atoms with van der Waals surface area (Å²) in [7, 11) is 4.93. The topological polar surface area (TPSA) is 43.0 Å². The number of ether oxygens (including phenoxy) is 3. The Kier molecular flexibility index (Phi) is 10.0. The van der Waals surface area contributed by atoms with E-state index in [0.29, 0.717) is 23.3 Å². The fourth-order valence-electron chi connectivity index (χ4n) is 4.62. The minimum absolute atomic E-state index is 0. The highest BCUT2D eigenvalue weighted by molar-refractivity contribution is 7.98. The first kappa shape index (κ1) is 27.1. The molecule has 1 saturated heterocycles.